The molecule has 2 aliphatic rings. The summed E-state index contributed by atoms with van der Waals surface area (Å²) in [6.07, 6.45) is 1.43. The van der Waals surface area contributed by atoms with E-state index in [-0.39, 0.29) is 24.3 Å². The molecule has 6 nitrogen and oxygen atoms in total. The summed E-state index contributed by atoms with van der Waals surface area (Å²) in [5.74, 6) is -0.609. The van der Waals surface area contributed by atoms with E-state index >= 15 is 0 Å². The number of para-hydroxylation sites is 1. The number of amides is 3. The third-order valence-corrected chi connectivity index (χ3v) is 5.30. The molecule has 2 aromatic rings. The van der Waals surface area contributed by atoms with Gasteiger partial charge in [0.1, 0.15) is 12.6 Å². The van der Waals surface area contributed by atoms with Crippen molar-refractivity contribution in [3.05, 3.63) is 59.2 Å². The molecule has 2 heterocycles. The average Bonchev–Trinajstić information content (AvgIpc) is 3.11. The molecule has 4 rings (SSSR count). The number of anilines is 2. The van der Waals surface area contributed by atoms with Gasteiger partial charge in [-0.2, -0.15) is 0 Å². The third-order valence-electron chi connectivity index (χ3n) is 5.30. The molecular formula is C22H23N3O3. The zero-order valence-corrected chi connectivity index (χ0v) is 16.1. The maximum atomic E-state index is 13.2. The van der Waals surface area contributed by atoms with Crippen molar-refractivity contribution in [3.63, 3.8) is 0 Å². The van der Waals surface area contributed by atoms with Crippen LogP contribution in [0.1, 0.15) is 34.3 Å². The Morgan fingerprint density at radius 1 is 1.11 bits per heavy atom. The van der Waals surface area contributed by atoms with Gasteiger partial charge in [0.2, 0.25) is 11.8 Å². The van der Waals surface area contributed by atoms with Crippen molar-refractivity contribution in [3.8, 4) is 0 Å². The molecule has 2 aliphatic heterocycles. The van der Waals surface area contributed by atoms with Gasteiger partial charge in [0, 0.05) is 12.2 Å². The number of carbonyl (C=O) groups excluding carboxylic acids is 3. The molecule has 3 amide bonds. The Hall–Kier alpha value is -3.15. The van der Waals surface area contributed by atoms with Crippen molar-refractivity contribution in [2.45, 2.75) is 32.7 Å². The van der Waals surface area contributed by atoms with Crippen LogP contribution in [-0.2, 0) is 9.59 Å². The lowest BCUT2D eigenvalue weighted by atomic mass is 10.1. The summed E-state index contributed by atoms with van der Waals surface area (Å²) < 4.78 is 0. The minimum Gasteiger partial charge on any atom is -0.327 e. The lowest BCUT2D eigenvalue weighted by Gasteiger charge is -2.25. The third kappa shape index (κ3) is 3.26. The number of rotatable bonds is 3. The van der Waals surface area contributed by atoms with Crippen molar-refractivity contribution < 1.29 is 14.4 Å². The fourth-order valence-corrected chi connectivity index (χ4v) is 4.16. The zero-order chi connectivity index (χ0) is 19.8. The summed E-state index contributed by atoms with van der Waals surface area (Å²) >= 11 is 0. The van der Waals surface area contributed by atoms with Crippen LogP contribution in [-0.4, -0.2) is 41.8 Å². The van der Waals surface area contributed by atoms with Gasteiger partial charge in [-0.05, 0) is 62.1 Å². The average molecular weight is 377 g/mol. The molecule has 1 fully saturated rings. The Morgan fingerprint density at radius 2 is 1.82 bits per heavy atom. The summed E-state index contributed by atoms with van der Waals surface area (Å²) in [5, 5.41) is 2.88. The maximum absolute atomic E-state index is 13.2. The lowest BCUT2D eigenvalue weighted by Crippen LogP contribution is -2.47. The van der Waals surface area contributed by atoms with Gasteiger partial charge >= 0.3 is 0 Å². The predicted molar refractivity (Wildman–Crippen MR) is 107 cm³/mol. The molecule has 0 bridgehead atoms. The van der Waals surface area contributed by atoms with Crippen LogP contribution in [0, 0.1) is 13.8 Å². The topological polar surface area (TPSA) is 69.7 Å². The molecule has 6 heteroatoms. The molecule has 0 saturated carbocycles. The Balaban J connectivity index is 1.63. The number of fused-ring (bicyclic) bond motifs is 2. The van der Waals surface area contributed by atoms with E-state index in [1.54, 1.807) is 29.2 Å². The van der Waals surface area contributed by atoms with Crippen LogP contribution in [0.4, 0.5) is 11.4 Å². The number of hydrogen-bond donors (Lipinski definition) is 1. The Labute approximate surface area is 164 Å². The van der Waals surface area contributed by atoms with Gasteiger partial charge in [-0.25, -0.2) is 0 Å². The molecule has 0 aliphatic carbocycles. The van der Waals surface area contributed by atoms with E-state index < -0.39 is 6.04 Å². The standard InChI is InChI=1S/C22H23N3O3/c1-14-10-15(2)12-16(11-14)23-20(26)13-25-18-7-4-3-6-17(18)21(27)24-9-5-8-19(24)22(25)28/h3-4,6-7,10-12,19H,5,8-9,13H2,1-2H3,(H,23,26). The molecular weight excluding hydrogens is 354 g/mol. The first-order chi connectivity index (χ1) is 13.4. The van der Waals surface area contributed by atoms with Crippen molar-refractivity contribution in [1.29, 1.82) is 0 Å². The summed E-state index contributed by atoms with van der Waals surface area (Å²) in [7, 11) is 0. The highest BCUT2D eigenvalue weighted by atomic mass is 16.2. The van der Waals surface area contributed by atoms with Gasteiger partial charge in [-0.3, -0.25) is 14.4 Å². The molecule has 1 saturated heterocycles. The zero-order valence-electron chi connectivity index (χ0n) is 16.1. The normalized spacial score (nSPS) is 18.6. The minimum absolute atomic E-state index is 0.125. The van der Waals surface area contributed by atoms with Crippen molar-refractivity contribution >= 4 is 29.1 Å². The highest BCUT2D eigenvalue weighted by molar-refractivity contribution is 6.13. The molecule has 0 aromatic heterocycles. The van der Waals surface area contributed by atoms with Crippen LogP contribution in [0.25, 0.3) is 0 Å². The first-order valence-electron chi connectivity index (χ1n) is 9.53. The van der Waals surface area contributed by atoms with Crippen molar-refractivity contribution in [2.24, 2.45) is 0 Å². The molecule has 1 N–H and O–H groups in total. The van der Waals surface area contributed by atoms with Gasteiger partial charge < -0.3 is 15.1 Å². The van der Waals surface area contributed by atoms with E-state index in [0.717, 1.165) is 17.5 Å². The second kappa shape index (κ2) is 7.11. The Kier molecular flexibility index (Phi) is 4.63. The first kappa shape index (κ1) is 18.2. The highest BCUT2D eigenvalue weighted by Crippen LogP contribution is 2.32. The first-order valence-corrected chi connectivity index (χ1v) is 9.53. The van der Waals surface area contributed by atoms with E-state index in [0.29, 0.717) is 29.9 Å². The quantitative estimate of drug-likeness (QED) is 0.894. The van der Waals surface area contributed by atoms with E-state index in [1.165, 1.54) is 4.90 Å². The van der Waals surface area contributed by atoms with E-state index in [9.17, 15) is 14.4 Å². The molecule has 2 aromatic carbocycles. The fraction of sp³-hybridized carbons (Fsp3) is 0.318. The van der Waals surface area contributed by atoms with Gasteiger partial charge in [0.25, 0.3) is 5.91 Å². The number of nitrogens with one attached hydrogen (secondary N) is 1. The van der Waals surface area contributed by atoms with Crippen LogP contribution < -0.4 is 10.2 Å². The second-order valence-electron chi connectivity index (χ2n) is 7.52. The van der Waals surface area contributed by atoms with E-state index in [1.807, 2.05) is 32.0 Å². The van der Waals surface area contributed by atoms with E-state index in [2.05, 4.69) is 5.32 Å². The smallest absolute Gasteiger partial charge is 0.256 e. The van der Waals surface area contributed by atoms with Crippen LogP contribution in [0.5, 0.6) is 0 Å². The van der Waals surface area contributed by atoms with E-state index in [4.69, 9.17) is 0 Å². The summed E-state index contributed by atoms with van der Waals surface area (Å²) in [6, 6.07) is 12.4. The number of aryl methyl sites for hydroxylation is 2. The largest absolute Gasteiger partial charge is 0.327 e. The van der Waals surface area contributed by atoms with Gasteiger partial charge in [0.15, 0.2) is 0 Å². The fourth-order valence-electron chi connectivity index (χ4n) is 4.16. The molecule has 0 radical (unpaired) electrons. The molecule has 1 unspecified atom stereocenters. The van der Waals surface area contributed by atoms with Gasteiger partial charge in [-0.15, -0.1) is 0 Å². The number of benzene rings is 2. The second-order valence-corrected chi connectivity index (χ2v) is 7.52. The molecule has 1 atom stereocenters. The number of hydrogen-bond acceptors (Lipinski definition) is 3. The van der Waals surface area contributed by atoms with Crippen LogP contribution in [0.3, 0.4) is 0 Å². The van der Waals surface area contributed by atoms with Crippen LogP contribution >= 0.6 is 0 Å². The molecule has 28 heavy (non-hydrogen) atoms. The minimum atomic E-state index is -0.492. The highest BCUT2D eigenvalue weighted by Gasteiger charge is 2.42. The Morgan fingerprint density at radius 3 is 2.57 bits per heavy atom. The number of carbonyl (C=O) groups is 3. The Bertz CT molecular complexity index is 949. The molecule has 0 spiro atoms. The summed E-state index contributed by atoms with van der Waals surface area (Å²) in [6.45, 7) is 4.39. The van der Waals surface area contributed by atoms with Crippen LogP contribution in [0.2, 0.25) is 0 Å². The maximum Gasteiger partial charge on any atom is 0.256 e. The van der Waals surface area contributed by atoms with Crippen LogP contribution in [0.15, 0.2) is 42.5 Å². The van der Waals surface area contributed by atoms with Gasteiger partial charge in [0.05, 0.1) is 11.3 Å². The molecule has 144 valence electrons. The summed E-state index contributed by atoms with van der Waals surface area (Å²) in [5.41, 5.74) is 3.79. The van der Waals surface area contributed by atoms with Crippen molar-refractivity contribution in [1.82, 2.24) is 4.90 Å². The number of nitrogens with zero attached hydrogens (tertiary/aromatic N) is 2. The van der Waals surface area contributed by atoms with Gasteiger partial charge in [-0.1, -0.05) is 18.2 Å². The summed E-state index contributed by atoms with van der Waals surface area (Å²) in [4.78, 5) is 41.9. The lowest BCUT2D eigenvalue weighted by molar-refractivity contribution is -0.124. The SMILES string of the molecule is Cc1cc(C)cc(NC(=O)CN2C(=O)C3CCCN3C(=O)c3ccccc32)c1. The predicted octanol–water partition coefficient (Wildman–Crippen LogP) is 2.89. The van der Waals surface area contributed by atoms with Crippen molar-refractivity contribution in [2.75, 3.05) is 23.3 Å². The monoisotopic (exact) mass is 377 g/mol.